The van der Waals surface area contributed by atoms with Crippen LogP contribution in [0.3, 0.4) is 0 Å². The maximum Gasteiger partial charge on any atom is 0.217 e. The number of nitrogens with zero attached hydrogens (tertiary/aromatic N) is 2. The lowest BCUT2D eigenvalue weighted by Crippen LogP contribution is -2.17. The molecule has 1 aromatic rings. The predicted molar refractivity (Wildman–Crippen MR) is 64.8 cm³/mol. The van der Waals surface area contributed by atoms with Gasteiger partial charge >= 0.3 is 0 Å². The first-order valence-electron chi connectivity index (χ1n) is 4.75. The Balaban J connectivity index is 2.53. The number of rotatable bonds is 6. The molecule has 1 rings (SSSR count). The molecular formula is C9H13N5OS. The summed E-state index contributed by atoms with van der Waals surface area (Å²) in [5.41, 5.74) is 11.2. The number of hydrogen-bond donors (Lipinski definition) is 3. The van der Waals surface area contributed by atoms with Gasteiger partial charge in [0.2, 0.25) is 5.91 Å². The van der Waals surface area contributed by atoms with Crippen LogP contribution in [0.5, 0.6) is 0 Å². The Morgan fingerprint density at radius 1 is 1.50 bits per heavy atom. The number of carbonyl (C=O) groups excluding carboxylic acids is 1. The highest BCUT2D eigenvalue weighted by atomic mass is 32.1. The van der Waals surface area contributed by atoms with Crippen molar-refractivity contribution >= 4 is 28.9 Å². The molecule has 7 heteroatoms. The number of hydrogen-bond acceptors (Lipinski definition) is 5. The van der Waals surface area contributed by atoms with Gasteiger partial charge in [-0.1, -0.05) is 12.2 Å². The SMILES string of the molecule is NC(=O)CCCNc1nnccc1C(N)=S. The molecule has 6 nitrogen and oxygen atoms in total. The number of nitrogens with two attached hydrogens (primary N) is 2. The second-order valence-electron chi connectivity index (χ2n) is 3.15. The molecule has 0 aliphatic heterocycles. The van der Waals surface area contributed by atoms with Gasteiger partial charge in [0.15, 0.2) is 5.82 Å². The lowest BCUT2D eigenvalue weighted by atomic mass is 10.2. The van der Waals surface area contributed by atoms with Gasteiger partial charge in [-0.15, -0.1) is 5.10 Å². The Bertz CT molecular complexity index is 395. The first-order valence-corrected chi connectivity index (χ1v) is 5.15. The molecule has 0 aliphatic rings. The van der Waals surface area contributed by atoms with E-state index in [0.717, 1.165) is 0 Å². The molecular weight excluding hydrogens is 226 g/mol. The second kappa shape index (κ2) is 5.96. The molecule has 1 amide bonds. The Morgan fingerprint density at radius 3 is 2.88 bits per heavy atom. The van der Waals surface area contributed by atoms with Crippen LogP contribution in [0.1, 0.15) is 18.4 Å². The molecule has 0 atom stereocenters. The molecule has 0 saturated carbocycles. The molecule has 0 fully saturated rings. The number of amides is 1. The quantitative estimate of drug-likeness (QED) is 0.468. The summed E-state index contributed by atoms with van der Waals surface area (Å²) in [5, 5.41) is 10.6. The molecule has 0 unspecified atom stereocenters. The third kappa shape index (κ3) is 3.77. The largest absolute Gasteiger partial charge is 0.389 e. The van der Waals surface area contributed by atoms with Crippen LogP contribution in [-0.4, -0.2) is 27.6 Å². The second-order valence-corrected chi connectivity index (χ2v) is 3.59. The lowest BCUT2D eigenvalue weighted by molar-refractivity contribution is -0.118. The van der Waals surface area contributed by atoms with E-state index >= 15 is 0 Å². The first kappa shape index (κ1) is 12.3. The molecule has 1 aromatic heterocycles. The van der Waals surface area contributed by atoms with E-state index in [9.17, 15) is 4.79 Å². The van der Waals surface area contributed by atoms with Gasteiger partial charge in [-0.2, -0.15) is 5.10 Å². The zero-order chi connectivity index (χ0) is 12.0. The van der Waals surface area contributed by atoms with Gasteiger partial charge in [-0.25, -0.2) is 0 Å². The van der Waals surface area contributed by atoms with E-state index in [2.05, 4.69) is 15.5 Å². The molecule has 0 aromatic carbocycles. The van der Waals surface area contributed by atoms with Gasteiger partial charge in [0.1, 0.15) is 4.99 Å². The minimum atomic E-state index is -0.324. The number of carbonyl (C=O) groups is 1. The van der Waals surface area contributed by atoms with Crippen molar-refractivity contribution in [3.05, 3.63) is 17.8 Å². The molecule has 0 bridgehead atoms. The van der Waals surface area contributed by atoms with Crippen molar-refractivity contribution in [3.63, 3.8) is 0 Å². The van der Waals surface area contributed by atoms with Crippen LogP contribution in [0, 0.1) is 0 Å². The van der Waals surface area contributed by atoms with Crippen molar-refractivity contribution in [1.82, 2.24) is 10.2 Å². The Kier molecular flexibility index (Phi) is 4.59. The minimum Gasteiger partial charge on any atom is -0.389 e. The van der Waals surface area contributed by atoms with Crippen molar-refractivity contribution in [2.45, 2.75) is 12.8 Å². The number of primary amides is 1. The summed E-state index contributed by atoms with van der Waals surface area (Å²) in [6.07, 6.45) is 2.47. The maximum atomic E-state index is 10.5. The van der Waals surface area contributed by atoms with Gasteiger partial charge in [0.25, 0.3) is 0 Å². The molecule has 0 radical (unpaired) electrons. The van der Waals surface area contributed by atoms with Crippen molar-refractivity contribution < 1.29 is 4.79 Å². The fourth-order valence-corrected chi connectivity index (χ4v) is 1.30. The monoisotopic (exact) mass is 239 g/mol. The van der Waals surface area contributed by atoms with Crippen LogP contribution in [0.2, 0.25) is 0 Å². The summed E-state index contributed by atoms with van der Waals surface area (Å²) in [6, 6.07) is 1.69. The molecule has 5 N–H and O–H groups in total. The molecule has 0 aliphatic carbocycles. The summed E-state index contributed by atoms with van der Waals surface area (Å²) < 4.78 is 0. The van der Waals surface area contributed by atoms with Gasteiger partial charge in [0.05, 0.1) is 11.8 Å². The number of nitrogens with one attached hydrogen (secondary N) is 1. The lowest BCUT2D eigenvalue weighted by Gasteiger charge is -2.07. The first-order chi connectivity index (χ1) is 7.61. The average molecular weight is 239 g/mol. The van der Waals surface area contributed by atoms with Crippen LogP contribution < -0.4 is 16.8 Å². The van der Waals surface area contributed by atoms with Crippen molar-refractivity contribution in [2.75, 3.05) is 11.9 Å². The third-order valence-electron chi connectivity index (χ3n) is 1.88. The number of aromatic nitrogens is 2. The van der Waals surface area contributed by atoms with E-state index in [-0.39, 0.29) is 10.9 Å². The summed E-state index contributed by atoms with van der Waals surface area (Å²) in [4.78, 5) is 10.8. The normalized spacial score (nSPS) is 9.75. The van der Waals surface area contributed by atoms with E-state index in [4.69, 9.17) is 23.7 Å². The molecule has 1 heterocycles. The average Bonchev–Trinajstić information content (AvgIpc) is 2.24. The van der Waals surface area contributed by atoms with Gasteiger partial charge < -0.3 is 16.8 Å². The highest BCUT2D eigenvalue weighted by molar-refractivity contribution is 7.80. The van der Waals surface area contributed by atoms with E-state index in [1.165, 1.54) is 6.20 Å². The summed E-state index contributed by atoms with van der Waals surface area (Å²) in [5.74, 6) is 0.204. The van der Waals surface area contributed by atoms with Crippen LogP contribution in [0.4, 0.5) is 5.82 Å². The zero-order valence-electron chi connectivity index (χ0n) is 8.64. The van der Waals surface area contributed by atoms with E-state index < -0.39 is 0 Å². The fraction of sp³-hybridized carbons (Fsp3) is 0.333. The molecule has 0 spiro atoms. The number of thiocarbonyl (C=S) groups is 1. The highest BCUT2D eigenvalue weighted by Gasteiger charge is 2.05. The van der Waals surface area contributed by atoms with Crippen LogP contribution in [0.25, 0.3) is 0 Å². The molecule has 16 heavy (non-hydrogen) atoms. The van der Waals surface area contributed by atoms with Crippen molar-refractivity contribution in [2.24, 2.45) is 11.5 Å². The van der Waals surface area contributed by atoms with E-state index in [1.54, 1.807) is 6.07 Å². The van der Waals surface area contributed by atoms with Gasteiger partial charge in [-0.3, -0.25) is 4.79 Å². The topological polar surface area (TPSA) is 107 Å². The Morgan fingerprint density at radius 2 is 2.25 bits per heavy atom. The highest BCUT2D eigenvalue weighted by Crippen LogP contribution is 2.09. The third-order valence-corrected chi connectivity index (χ3v) is 2.10. The minimum absolute atomic E-state index is 0.257. The molecule has 86 valence electrons. The Labute approximate surface area is 98.4 Å². The van der Waals surface area contributed by atoms with Crippen LogP contribution in [0.15, 0.2) is 12.3 Å². The van der Waals surface area contributed by atoms with E-state index in [1.807, 2.05) is 0 Å². The van der Waals surface area contributed by atoms with Crippen molar-refractivity contribution in [1.29, 1.82) is 0 Å². The smallest absolute Gasteiger partial charge is 0.217 e. The van der Waals surface area contributed by atoms with Gasteiger partial charge in [0, 0.05) is 13.0 Å². The molecule has 0 saturated heterocycles. The maximum absolute atomic E-state index is 10.5. The zero-order valence-corrected chi connectivity index (χ0v) is 9.46. The van der Waals surface area contributed by atoms with Gasteiger partial charge in [-0.05, 0) is 12.5 Å². The standard InChI is InChI=1S/C9H13N5OS/c10-7(15)2-1-4-12-9-6(8(11)16)3-5-13-14-9/h3,5H,1-2,4H2,(H2,10,15)(H2,11,16)(H,12,14). The van der Waals surface area contributed by atoms with Crippen LogP contribution >= 0.6 is 12.2 Å². The fourth-order valence-electron chi connectivity index (χ4n) is 1.13. The van der Waals surface area contributed by atoms with Crippen molar-refractivity contribution in [3.8, 4) is 0 Å². The van der Waals surface area contributed by atoms with Crippen LogP contribution in [-0.2, 0) is 4.79 Å². The number of anilines is 1. The predicted octanol–water partition coefficient (Wildman–Crippen LogP) is -0.212. The summed E-state index contributed by atoms with van der Waals surface area (Å²) >= 11 is 4.87. The Hall–Kier alpha value is -1.76. The van der Waals surface area contributed by atoms with E-state index in [0.29, 0.717) is 30.8 Å². The summed E-state index contributed by atoms with van der Waals surface area (Å²) in [6.45, 7) is 0.567. The summed E-state index contributed by atoms with van der Waals surface area (Å²) in [7, 11) is 0.